The number of rotatable bonds is 8. The van der Waals surface area contributed by atoms with E-state index in [1.54, 1.807) is 6.92 Å². The highest BCUT2D eigenvalue weighted by Gasteiger charge is 2.59. The van der Waals surface area contributed by atoms with Gasteiger partial charge in [0, 0.05) is 35.0 Å². The zero-order chi connectivity index (χ0) is 26.7. The van der Waals surface area contributed by atoms with Crippen molar-refractivity contribution in [2.75, 3.05) is 11.9 Å². The minimum Gasteiger partial charge on any atom is -0.465 e. The number of ether oxygens (including phenoxy) is 1. The quantitative estimate of drug-likeness (QED) is 0.307. The van der Waals surface area contributed by atoms with Crippen LogP contribution in [0.25, 0.3) is 0 Å². The lowest BCUT2D eigenvalue weighted by molar-refractivity contribution is -0.274. The molecule has 0 fully saturated rings. The fourth-order valence-corrected chi connectivity index (χ4v) is 4.11. The van der Waals surface area contributed by atoms with Crippen molar-refractivity contribution in [3.8, 4) is 0 Å². The van der Waals surface area contributed by atoms with E-state index in [1.807, 2.05) is 0 Å². The molecule has 0 aliphatic heterocycles. The highest BCUT2D eigenvalue weighted by atomic mass is 35.5. The first-order valence-corrected chi connectivity index (χ1v) is 11.3. The van der Waals surface area contributed by atoms with Crippen LogP contribution in [0.3, 0.4) is 0 Å². The smallest absolute Gasteiger partial charge is 0.422 e. The third-order valence-electron chi connectivity index (χ3n) is 5.43. The van der Waals surface area contributed by atoms with E-state index >= 15 is 0 Å². The average Bonchev–Trinajstić information content (AvgIpc) is 3.23. The maximum atomic E-state index is 14.1. The van der Waals surface area contributed by atoms with Crippen LogP contribution in [0.15, 0.2) is 48.8 Å². The van der Waals surface area contributed by atoms with Gasteiger partial charge in [-0.2, -0.15) is 18.3 Å². The second-order valence-electron chi connectivity index (χ2n) is 7.75. The largest absolute Gasteiger partial charge is 0.465 e. The molecule has 0 spiro atoms. The Morgan fingerprint density at radius 2 is 1.92 bits per heavy atom. The van der Waals surface area contributed by atoms with Gasteiger partial charge in [0.2, 0.25) is 0 Å². The molecule has 0 aliphatic carbocycles. The molecule has 192 valence electrons. The molecule has 3 rings (SSSR count). The zero-order valence-electron chi connectivity index (χ0n) is 19.0. The first-order chi connectivity index (χ1) is 16.9. The lowest BCUT2D eigenvalue weighted by Crippen LogP contribution is -2.46. The molecule has 3 aromatic rings. The molecule has 13 heteroatoms. The number of esters is 1. The Kier molecular flexibility index (Phi) is 8.27. The molecule has 0 aliphatic rings. The first-order valence-electron chi connectivity index (χ1n) is 10.6. The summed E-state index contributed by atoms with van der Waals surface area (Å²) < 4.78 is 48.4. The summed E-state index contributed by atoms with van der Waals surface area (Å²) in [4.78, 5) is 27.8. The van der Waals surface area contributed by atoms with E-state index in [-0.39, 0.29) is 40.3 Å². The van der Waals surface area contributed by atoms with Crippen molar-refractivity contribution in [2.24, 2.45) is 0 Å². The van der Waals surface area contributed by atoms with Crippen LogP contribution in [0.1, 0.15) is 41.3 Å². The van der Waals surface area contributed by atoms with Gasteiger partial charge >= 0.3 is 12.1 Å². The molecule has 1 amide bonds. The van der Waals surface area contributed by atoms with E-state index in [0.717, 1.165) is 18.3 Å². The van der Waals surface area contributed by atoms with Crippen LogP contribution in [0.5, 0.6) is 0 Å². The summed E-state index contributed by atoms with van der Waals surface area (Å²) in [6.45, 7) is 2.91. The van der Waals surface area contributed by atoms with Gasteiger partial charge in [-0.25, -0.2) is 4.98 Å². The molecule has 0 radical (unpaired) electrons. The fraction of sp³-hybridized carbons (Fsp3) is 0.304. The molecule has 36 heavy (non-hydrogen) atoms. The van der Waals surface area contributed by atoms with Crippen molar-refractivity contribution in [3.63, 3.8) is 0 Å². The van der Waals surface area contributed by atoms with Crippen LogP contribution < -0.4 is 5.32 Å². The Hall–Kier alpha value is -3.15. The lowest BCUT2D eigenvalue weighted by Gasteiger charge is -2.37. The topological polar surface area (TPSA) is 106 Å². The van der Waals surface area contributed by atoms with Gasteiger partial charge < -0.3 is 15.2 Å². The Morgan fingerprint density at radius 3 is 2.53 bits per heavy atom. The summed E-state index contributed by atoms with van der Waals surface area (Å²) in [5.74, 6) is -2.56. The normalized spacial score (nSPS) is 14.1. The molecule has 2 N–H and O–H groups in total. The molecule has 2 heterocycles. The number of nitrogens with one attached hydrogen (secondary N) is 1. The van der Waals surface area contributed by atoms with E-state index in [2.05, 4.69) is 15.4 Å². The van der Waals surface area contributed by atoms with Crippen LogP contribution in [-0.2, 0) is 21.7 Å². The molecule has 0 unspecified atom stereocenters. The summed E-state index contributed by atoms with van der Waals surface area (Å²) in [6, 6.07) is 7.11. The summed E-state index contributed by atoms with van der Waals surface area (Å²) in [5.41, 5.74) is -3.84. The zero-order valence-corrected chi connectivity index (χ0v) is 20.5. The van der Waals surface area contributed by atoms with E-state index in [1.165, 1.54) is 42.1 Å². The number of benzene rings is 1. The van der Waals surface area contributed by atoms with Crippen molar-refractivity contribution >= 4 is 40.9 Å². The number of aromatic nitrogens is 3. The monoisotopic (exact) mass is 544 g/mol. The number of anilines is 1. The molecular weight excluding hydrogens is 524 g/mol. The van der Waals surface area contributed by atoms with Crippen molar-refractivity contribution in [1.82, 2.24) is 14.8 Å². The number of carbonyl (C=O) groups is 2. The number of carbonyl (C=O) groups excluding carboxylic acids is 2. The van der Waals surface area contributed by atoms with Crippen molar-refractivity contribution in [1.29, 1.82) is 0 Å². The molecule has 8 nitrogen and oxygen atoms in total. The van der Waals surface area contributed by atoms with Gasteiger partial charge in [0.25, 0.3) is 5.91 Å². The first kappa shape index (κ1) is 27.4. The third kappa shape index (κ3) is 5.80. The second-order valence-corrected chi connectivity index (χ2v) is 8.54. The second kappa shape index (κ2) is 10.9. The van der Waals surface area contributed by atoms with Crippen molar-refractivity contribution < 1.29 is 32.6 Å². The number of pyridine rings is 1. The van der Waals surface area contributed by atoms with Crippen LogP contribution in [0, 0.1) is 0 Å². The molecule has 1 aromatic carbocycles. The van der Waals surface area contributed by atoms with Gasteiger partial charge in [0.05, 0.1) is 6.61 Å². The van der Waals surface area contributed by atoms with Gasteiger partial charge in [-0.15, -0.1) is 0 Å². The van der Waals surface area contributed by atoms with Gasteiger partial charge in [-0.3, -0.25) is 14.3 Å². The van der Waals surface area contributed by atoms with E-state index in [0.29, 0.717) is 0 Å². The number of amides is 1. The Balaban J connectivity index is 1.83. The molecule has 0 saturated carbocycles. The lowest BCUT2D eigenvalue weighted by atomic mass is 9.78. The van der Waals surface area contributed by atoms with Gasteiger partial charge in [0.1, 0.15) is 11.7 Å². The van der Waals surface area contributed by atoms with Gasteiger partial charge in [-0.1, -0.05) is 36.2 Å². The fourth-order valence-electron chi connectivity index (χ4n) is 3.59. The van der Waals surface area contributed by atoms with E-state index in [4.69, 9.17) is 27.9 Å². The molecule has 0 saturated heterocycles. The Bertz CT molecular complexity index is 1270. The minimum absolute atomic E-state index is 0.0402. The summed E-state index contributed by atoms with van der Waals surface area (Å²) in [7, 11) is 0. The van der Waals surface area contributed by atoms with Crippen LogP contribution in [-0.4, -0.2) is 44.5 Å². The standard InChI is InChI=1S/C23H21Cl2F3N4O4/c1-3-36-20(33)12-32-9-7-19(31-32)30-21(34)14-4-5-16(17(24)10-14)13(2)22(35,23(26,27)28)15-6-8-29-18(25)11-15/h4-11,13,35H,3,12H2,1-2H3,(H,30,31,34)/t13-,22-/m1/s1. The average molecular weight is 545 g/mol. The summed E-state index contributed by atoms with van der Waals surface area (Å²) in [5, 5.41) is 17.0. The Morgan fingerprint density at radius 1 is 1.19 bits per heavy atom. The van der Waals surface area contributed by atoms with Crippen LogP contribution in [0.4, 0.5) is 19.0 Å². The van der Waals surface area contributed by atoms with Crippen LogP contribution >= 0.6 is 23.2 Å². The predicted octanol–water partition coefficient (Wildman–Crippen LogP) is 4.95. The highest BCUT2D eigenvalue weighted by molar-refractivity contribution is 6.32. The maximum Gasteiger partial charge on any atom is 0.422 e. The summed E-state index contributed by atoms with van der Waals surface area (Å²) in [6.07, 6.45) is -2.56. The predicted molar refractivity (Wildman–Crippen MR) is 126 cm³/mol. The van der Waals surface area contributed by atoms with Gasteiger partial charge in [-0.05, 0) is 42.3 Å². The number of aliphatic hydroxyl groups is 1. The molecule has 0 bridgehead atoms. The van der Waals surface area contributed by atoms with Crippen molar-refractivity contribution in [2.45, 2.75) is 38.1 Å². The summed E-state index contributed by atoms with van der Waals surface area (Å²) >= 11 is 12.0. The molecule has 2 atom stereocenters. The Labute approximate surface area is 214 Å². The number of halogens is 5. The highest BCUT2D eigenvalue weighted by Crippen LogP contribution is 2.50. The van der Waals surface area contributed by atoms with Crippen LogP contribution in [0.2, 0.25) is 10.2 Å². The number of nitrogens with zero attached hydrogens (tertiary/aromatic N) is 3. The number of hydrogen-bond acceptors (Lipinski definition) is 6. The minimum atomic E-state index is -5.08. The number of alkyl halides is 3. The number of hydrogen-bond donors (Lipinski definition) is 2. The third-order valence-corrected chi connectivity index (χ3v) is 5.97. The molecule has 2 aromatic heterocycles. The van der Waals surface area contributed by atoms with Gasteiger partial charge in [0.15, 0.2) is 11.4 Å². The molecular formula is C23H21Cl2F3N4O4. The van der Waals surface area contributed by atoms with Crippen molar-refractivity contribution in [3.05, 3.63) is 75.7 Å². The van der Waals surface area contributed by atoms with E-state index in [9.17, 15) is 27.9 Å². The van der Waals surface area contributed by atoms with E-state index < -0.39 is 35.1 Å². The maximum absolute atomic E-state index is 14.1. The SMILES string of the molecule is CCOC(=O)Cn1ccc(NC(=O)c2ccc([C@@H](C)[C@@](O)(c3ccnc(Cl)c3)C(F)(F)F)c(Cl)c2)n1.